The molecule has 2 N–H and O–H groups in total. The van der Waals surface area contributed by atoms with Crippen molar-refractivity contribution in [3.05, 3.63) is 52.5 Å². The van der Waals surface area contributed by atoms with Crippen LogP contribution in [0.3, 0.4) is 0 Å². The van der Waals surface area contributed by atoms with Gasteiger partial charge in [0.2, 0.25) is 5.91 Å². The number of halogens is 4. The Balaban J connectivity index is 2.03. The molecule has 2 aromatic carbocycles. The quantitative estimate of drug-likeness (QED) is 0.473. The van der Waals surface area contributed by atoms with E-state index in [4.69, 9.17) is 21.1 Å². The van der Waals surface area contributed by atoms with Crippen LogP contribution in [0, 0.1) is 0 Å². The molecule has 31 heavy (non-hydrogen) atoms. The van der Waals surface area contributed by atoms with E-state index in [1.165, 1.54) is 39.3 Å². The lowest BCUT2D eigenvalue weighted by atomic mass is 10.1. The summed E-state index contributed by atoms with van der Waals surface area (Å²) in [6, 6.07) is 7.51. The molecular formula is C20H19ClF3N3O4. The summed E-state index contributed by atoms with van der Waals surface area (Å²) >= 11 is 5.61. The fourth-order valence-electron chi connectivity index (χ4n) is 2.51. The van der Waals surface area contributed by atoms with Gasteiger partial charge in [0.15, 0.2) is 11.5 Å². The van der Waals surface area contributed by atoms with E-state index in [-0.39, 0.29) is 22.7 Å². The largest absolute Gasteiger partial charge is 0.493 e. The minimum atomic E-state index is -4.69. The molecule has 2 aromatic rings. The Bertz CT molecular complexity index is 1010. The van der Waals surface area contributed by atoms with Gasteiger partial charge in [-0.15, -0.1) is 0 Å². The van der Waals surface area contributed by atoms with Crippen LogP contribution >= 0.6 is 11.6 Å². The summed E-state index contributed by atoms with van der Waals surface area (Å²) in [5.41, 5.74) is 1.19. The molecule has 0 unspecified atom stereocenters. The molecule has 0 aliphatic rings. The lowest BCUT2D eigenvalue weighted by Crippen LogP contribution is -2.22. The number of ether oxygens (including phenoxy) is 2. The minimum absolute atomic E-state index is 0.110. The molecule has 166 valence electrons. The number of hydrogen-bond acceptors (Lipinski definition) is 5. The average molecular weight is 458 g/mol. The van der Waals surface area contributed by atoms with E-state index in [1.807, 2.05) is 0 Å². The van der Waals surface area contributed by atoms with Crippen molar-refractivity contribution in [1.29, 1.82) is 0 Å². The van der Waals surface area contributed by atoms with Gasteiger partial charge in [0, 0.05) is 16.3 Å². The third-order valence-corrected chi connectivity index (χ3v) is 4.21. The van der Waals surface area contributed by atoms with Crippen LogP contribution in [0.1, 0.15) is 29.3 Å². The number of hydrogen-bond donors (Lipinski definition) is 2. The molecule has 0 heterocycles. The van der Waals surface area contributed by atoms with Crippen LogP contribution in [0.5, 0.6) is 11.5 Å². The fraction of sp³-hybridized carbons (Fsp3) is 0.250. The molecule has 0 spiro atoms. The first-order valence-corrected chi connectivity index (χ1v) is 9.15. The van der Waals surface area contributed by atoms with Gasteiger partial charge in [0.25, 0.3) is 5.91 Å². The van der Waals surface area contributed by atoms with Crippen LogP contribution < -0.4 is 20.2 Å². The Morgan fingerprint density at radius 3 is 2.35 bits per heavy atom. The second kappa shape index (κ2) is 10.2. The van der Waals surface area contributed by atoms with Gasteiger partial charge in [0.05, 0.1) is 31.9 Å². The van der Waals surface area contributed by atoms with Crippen molar-refractivity contribution in [1.82, 2.24) is 5.43 Å². The van der Waals surface area contributed by atoms with Crippen LogP contribution in [-0.4, -0.2) is 31.7 Å². The van der Waals surface area contributed by atoms with Crippen LogP contribution in [0.2, 0.25) is 5.02 Å². The van der Waals surface area contributed by atoms with Gasteiger partial charge in [-0.2, -0.15) is 18.3 Å². The smallest absolute Gasteiger partial charge is 0.418 e. The summed E-state index contributed by atoms with van der Waals surface area (Å²) in [4.78, 5) is 24.3. The number of anilines is 1. The van der Waals surface area contributed by atoms with Crippen LogP contribution in [0.15, 0.2) is 41.5 Å². The number of nitrogens with zero attached hydrogens (tertiary/aromatic N) is 1. The van der Waals surface area contributed by atoms with Crippen LogP contribution in [-0.2, 0) is 11.0 Å². The summed E-state index contributed by atoms with van der Waals surface area (Å²) < 4.78 is 49.6. The predicted molar refractivity (Wildman–Crippen MR) is 110 cm³/mol. The van der Waals surface area contributed by atoms with Gasteiger partial charge in [0.1, 0.15) is 0 Å². The van der Waals surface area contributed by atoms with Crippen molar-refractivity contribution in [2.75, 3.05) is 19.5 Å². The highest BCUT2D eigenvalue weighted by Gasteiger charge is 2.34. The van der Waals surface area contributed by atoms with Crippen LogP contribution in [0.4, 0.5) is 18.9 Å². The van der Waals surface area contributed by atoms with Crippen LogP contribution in [0.25, 0.3) is 0 Å². The van der Waals surface area contributed by atoms with E-state index in [9.17, 15) is 22.8 Å². The summed E-state index contributed by atoms with van der Waals surface area (Å²) in [6.07, 6.45) is -5.03. The number of nitrogens with one attached hydrogen (secondary N) is 2. The lowest BCUT2D eigenvalue weighted by molar-refractivity contribution is -0.137. The van der Waals surface area contributed by atoms with Gasteiger partial charge in [-0.3, -0.25) is 9.59 Å². The lowest BCUT2D eigenvalue weighted by Gasteiger charge is -2.14. The summed E-state index contributed by atoms with van der Waals surface area (Å²) in [7, 11) is 2.88. The molecule has 7 nitrogen and oxygen atoms in total. The Morgan fingerprint density at radius 1 is 1.06 bits per heavy atom. The van der Waals surface area contributed by atoms with Crippen molar-refractivity contribution in [3.8, 4) is 11.5 Å². The SMILES string of the molecule is COc1ccc(C(=O)N/N=C(\C)CC(=O)Nc2ccc(Cl)cc2C(F)(F)F)cc1OC. The highest BCUT2D eigenvalue weighted by Crippen LogP contribution is 2.36. The Kier molecular flexibility index (Phi) is 7.87. The van der Waals surface area contributed by atoms with Gasteiger partial charge < -0.3 is 14.8 Å². The number of methoxy groups -OCH3 is 2. The van der Waals surface area contributed by atoms with E-state index in [1.54, 1.807) is 6.07 Å². The van der Waals surface area contributed by atoms with Crippen molar-refractivity contribution < 1.29 is 32.2 Å². The van der Waals surface area contributed by atoms with Crippen molar-refractivity contribution in [2.24, 2.45) is 5.10 Å². The molecule has 0 atom stereocenters. The van der Waals surface area contributed by atoms with E-state index >= 15 is 0 Å². The zero-order valence-electron chi connectivity index (χ0n) is 16.8. The molecule has 0 fully saturated rings. The standard InChI is InChI=1S/C20H19ClF3N3O4/c1-11(26-27-19(29)12-4-7-16(30-2)17(9-12)31-3)8-18(28)25-15-6-5-13(21)10-14(15)20(22,23)24/h4-7,9-10H,8H2,1-3H3,(H,25,28)(H,27,29)/b26-11+. The monoisotopic (exact) mass is 457 g/mol. The van der Waals surface area contributed by atoms with E-state index in [0.717, 1.165) is 12.1 Å². The summed E-state index contributed by atoms with van der Waals surface area (Å²) in [5, 5.41) is 5.88. The third-order valence-electron chi connectivity index (χ3n) is 3.97. The first-order valence-electron chi connectivity index (χ1n) is 8.77. The van der Waals surface area contributed by atoms with E-state index < -0.39 is 29.2 Å². The molecule has 0 saturated heterocycles. The third kappa shape index (κ3) is 6.61. The number of amides is 2. The molecule has 11 heteroatoms. The van der Waals surface area contributed by atoms with Crippen molar-refractivity contribution in [2.45, 2.75) is 19.5 Å². The molecule has 0 aliphatic carbocycles. The predicted octanol–water partition coefficient (Wildman–Crippen LogP) is 4.51. The maximum absolute atomic E-state index is 13.1. The molecule has 0 radical (unpaired) electrons. The number of carbonyl (C=O) groups excluding carboxylic acids is 2. The molecule has 0 bridgehead atoms. The normalized spacial score (nSPS) is 11.6. The number of benzene rings is 2. The van der Waals surface area contributed by atoms with Crippen molar-refractivity contribution in [3.63, 3.8) is 0 Å². The highest BCUT2D eigenvalue weighted by atomic mass is 35.5. The zero-order valence-corrected chi connectivity index (χ0v) is 17.5. The second-order valence-electron chi connectivity index (χ2n) is 6.27. The van der Waals surface area contributed by atoms with Crippen molar-refractivity contribution >= 4 is 34.8 Å². The maximum atomic E-state index is 13.1. The summed E-state index contributed by atoms with van der Waals surface area (Å²) in [5.74, 6) is -0.526. The first-order chi connectivity index (χ1) is 14.5. The summed E-state index contributed by atoms with van der Waals surface area (Å²) in [6.45, 7) is 1.45. The average Bonchev–Trinajstić information content (AvgIpc) is 2.71. The number of carbonyl (C=O) groups is 2. The minimum Gasteiger partial charge on any atom is -0.493 e. The fourth-order valence-corrected chi connectivity index (χ4v) is 2.69. The molecule has 0 aromatic heterocycles. The van der Waals surface area contributed by atoms with E-state index in [0.29, 0.717) is 11.5 Å². The van der Waals surface area contributed by atoms with Gasteiger partial charge in [-0.1, -0.05) is 11.6 Å². The maximum Gasteiger partial charge on any atom is 0.418 e. The number of hydrazone groups is 1. The number of alkyl halides is 3. The second-order valence-corrected chi connectivity index (χ2v) is 6.71. The Morgan fingerprint density at radius 2 is 1.74 bits per heavy atom. The Labute approximate surface area is 181 Å². The van der Waals surface area contributed by atoms with E-state index in [2.05, 4.69) is 15.8 Å². The number of rotatable bonds is 7. The molecule has 2 rings (SSSR count). The van der Waals surface area contributed by atoms with Gasteiger partial charge >= 0.3 is 6.18 Å². The highest BCUT2D eigenvalue weighted by molar-refractivity contribution is 6.30. The molecule has 0 saturated carbocycles. The van der Waals surface area contributed by atoms with Gasteiger partial charge in [-0.25, -0.2) is 5.43 Å². The Hall–Kier alpha value is -3.27. The molecule has 0 aliphatic heterocycles. The topological polar surface area (TPSA) is 89.0 Å². The first kappa shape index (κ1) is 24.0. The molecular weight excluding hydrogens is 439 g/mol. The van der Waals surface area contributed by atoms with Gasteiger partial charge in [-0.05, 0) is 43.3 Å². The zero-order chi connectivity index (χ0) is 23.2. The molecule has 2 amide bonds.